The molecule has 1 aliphatic heterocycles. The predicted molar refractivity (Wildman–Crippen MR) is 96.8 cm³/mol. The van der Waals surface area contributed by atoms with Gasteiger partial charge in [0.2, 0.25) is 0 Å². The second kappa shape index (κ2) is 4.98. The molecule has 0 aliphatic carbocycles. The van der Waals surface area contributed by atoms with Crippen LogP contribution in [-0.4, -0.2) is 16.8 Å². The molecule has 2 heterocycles. The molecule has 0 atom stereocenters. The van der Waals surface area contributed by atoms with Crippen LogP contribution in [0.1, 0.15) is 20.7 Å². The fraction of sp³-hybridized carbons (Fsp3) is 0. The number of hydrogen-bond donors (Lipinski definition) is 0. The molecule has 4 aromatic rings. The van der Waals surface area contributed by atoms with Gasteiger partial charge in [-0.25, -0.2) is 9.88 Å². The summed E-state index contributed by atoms with van der Waals surface area (Å²) in [5, 5.41) is 1.92. The van der Waals surface area contributed by atoms with E-state index in [0.29, 0.717) is 22.3 Å². The third-order valence-electron chi connectivity index (χ3n) is 4.56. The molecule has 0 radical (unpaired) electrons. The molecule has 0 saturated heterocycles. The molecule has 2 amide bonds. The van der Waals surface area contributed by atoms with Crippen LogP contribution in [0.15, 0.2) is 72.8 Å². The fourth-order valence-corrected chi connectivity index (χ4v) is 3.37. The van der Waals surface area contributed by atoms with Gasteiger partial charge in [-0.05, 0) is 30.3 Å². The molecule has 1 aromatic heterocycles. The van der Waals surface area contributed by atoms with Gasteiger partial charge in [-0.15, -0.1) is 0 Å². The molecular weight excluding hydrogens is 312 g/mol. The van der Waals surface area contributed by atoms with E-state index in [1.807, 2.05) is 42.5 Å². The number of benzene rings is 3. The smallest absolute Gasteiger partial charge is 0.266 e. The predicted octanol–water partition coefficient (Wildman–Crippen LogP) is 4.19. The normalized spacial score (nSPS) is 13.7. The Balaban J connectivity index is 1.78. The second-order valence-corrected chi connectivity index (χ2v) is 6.02. The SMILES string of the molecule is O=C1c2ccccc2C(=O)N1c1cccc2cc3ccccc3nc12. The number of carbonyl (C=O) groups is 2. The summed E-state index contributed by atoms with van der Waals surface area (Å²) in [7, 11) is 0. The summed E-state index contributed by atoms with van der Waals surface area (Å²) in [4.78, 5) is 31.5. The van der Waals surface area contributed by atoms with Crippen molar-refractivity contribution in [3.63, 3.8) is 0 Å². The van der Waals surface area contributed by atoms with Crippen LogP contribution in [0.5, 0.6) is 0 Å². The van der Waals surface area contributed by atoms with E-state index in [2.05, 4.69) is 0 Å². The highest BCUT2D eigenvalue weighted by atomic mass is 16.2. The highest BCUT2D eigenvalue weighted by molar-refractivity contribution is 6.35. The molecule has 0 spiro atoms. The van der Waals surface area contributed by atoms with Gasteiger partial charge in [-0.1, -0.05) is 42.5 Å². The zero-order valence-electron chi connectivity index (χ0n) is 13.1. The van der Waals surface area contributed by atoms with Gasteiger partial charge >= 0.3 is 0 Å². The molecular formula is C21H12N2O2. The first kappa shape index (κ1) is 13.9. The van der Waals surface area contributed by atoms with Crippen molar-refractivity contribution < 1.29 is 9.59 Å². The minimum absolute atomic E-state index is 0.303. The van der Waals surface area contributed by atoms with Crippen molar-refractivity contribution in [2.45, 2.75) is 0 Å². The van der Waals surface area contributed by atoms with Crippen LogP contribution in [0.4, 0.5) is 5.69 Å². The quantitative estimate of drug-likeness (QED) is 0.390. The summed E-state index contributed by atoms with van der Waals surface area (Å²) in [5.41, 5.74) is 2.87. The molecule has 0 unspecified atom stereocenters. The maximum atomic E-state index is 12.8. The van der Waals surface area contributed by atoms with Crippen LogP contribution in [0.25, 0.3) is 21.8 Å². The van der Waals surface area contributed by atoms with E-state index >= 15 is 0 Å². The summed E-state index contributed by atoms with van der Waals surface area (Å²) in [5.74, 6) is -0.605. The maximum Gasteiger partial charge on any atom is 0.266 e. The third-order valence-corrected chi connectivity index (χ3v) is 4.56. The van der Waals surface area contributed by atoms with Crippen molar-refractivity contribution in [3.8, 4) is 0 Å². The number of anilines is 1. The van der Waals surface area contributed by atoms with Crippen LogP contribution in [0.2, 0.25) is 0 Å². The van der Waals surface area contributed by atoms with E-state index < -0.39 is 0 Å². The first-order valence-corrected chi connectivity index (χ1v) is 8.00. The Bertz CT molecular complexity index is 1160. The number of rotatable bonds is 1. The van der Waals surface area contributed by atoms with Gasteiger partial charge in [0.25, 0.3) is 11.8 Å². The van der Waals surface area contributed by atoms with E-state index in [4.69, 9.17) is 4.98 Å². The van der Waals surface area contributed by atoms with Crippen molar-refractivity contribution in [1.29, 1.82) is 0 Å². The number of fused-ring (bicyclic) bond motifs is 3. The molecule has 1 aliphatic rings. The average molecular weight is 324 g/mol. The Kier molecular flexibility index (Phi) is 2.76. The summed E-state index contributed by atoms with van der Waals surface area (Å²) in [6.45, 7) is 0. The third kappa shape index (κ3) is 1.91. The van der Waals surface area contributed by atoms with Crippen LogP contribution in [0.3, 0.4) is 0 Å². The van der Waals surface area contributed by atoms with E-state index in [9.17, 15) is 9.59 Å². The van der Waals surface area contributed by atoms with Gasteiger partial charge in [-0.2, -0.15) is 0 Å². The lowest BCUT2D eigenvalue weighted by Gasteiger charge is -2.16. The number of imide groups is 1. The largest absolute Gasteiger partial charge is 0.268 e. The Morgan fingerprint density at radius 1 is 0.680 bits per heavy atom. The summed E-state index contributed by atoms with van der Waals surface area (Å²) in [6.07, 6.45) is 0. The number of hydrogen-bond acceptors (Lipinski definition) is 3. The number of carbonyl (C=O) groups excluding carboxylic acids is 2. The number of para-hydroxylation sites is 2. The fourth-order valence-electron chi connectivity index (χ4n) is 3.37. The standard InChI is InChI=1S/C21H12N2O2/c24-20-15-8-2-3-9-16(15)21(25)23(20)18-11-5-7-14-12-13-6-1-4-10-17(13)22-19(14)18/h1-12H. The number of amides is 2. The summed E-state index contributed by atoms with van der Waals surface area (Å²) >= 11 is 0. The van der Waals surface area contributed by atoms with Crippen molar-refractivity contribution in [2.24, 2.45) is 0 Å². The lowest BCUT2D eigenvalue weighted by Crippen LogP contribution is -2.29. The molecule has 0 fully saturated rings. The molecule has 4 heteroatoms. The van der Waals surface area contributed by atoms with Crippen LogP contribution in [-0.2, 0) is 0 Å². The first-order valence-electron chi connectivity index (χ1n) is 8.00. The molecule has 3 aromatic carbocycles. The van der Waals surface area contributed by atoms with Crippen LogP contribution in [0, 0.1) is 0 Å². The van der Waals surface area contributed by atoms with E-state index in [-0.39, 0.29) is 11.8 Å². The molecule has 4 nitrogen and oxygen atoms in total. The van der Waals surface area contributed by atoms with Crippen molar-refractivity contribution in [3.05, 3.63) is 83.9 Å². The second-order valence-electron chi connectivity index (χ2n) is 6.02. The van der Waals surface area contributed by atoms with Gasteiger partial charge in [0.05, 0.1) is 27.8 Å². The molecule has 118 valence electrons. The summed E-state index contributed by atoms with van der Waals surface area (Å²) < 4.78 is 0. The minimum Gasteiger partial charge on any atom is -0.268 e. The number of aromatic nitrogens is 1. The van der Waals surface area contributed by atoms with Crippen molar-refractivity contribution >= 4 is 39.3 Å². The number of pyridine rings is 1. The zero-order chi connectivity index (χ0) is 17.0. The molecule has 5 rings (SSSR count). The topological polar surface area (TPSA) is 50.3 Å². The monoisotopic (exact) mass is 324 g/mol. The van der Waals surface area contributed by atoms with Crippen molar-refractivity contribution in [2.75, 3.05) is 4.90 Å². The number of nitrogens with zero attached hydrogens (tertiary/aromatic N) is 2. The minimum atomic E-state index is -0.303. The van der Waals surface area contributed by atoms with E-state index in [1.54, 1.807) is 30.3 Å². The summed E-state index contributed by atoms with van der Waals surface area (Å²) in [6, 6.07) is 22.3. The Labute approximate surface area is 143 Å². The van der Waals surface area contributed by atoms with Crippen LogP contribution >= 0.6 is 0 Å². The van der Waals surface area contributed by atoms with Gasteiger partial charge in [0, 0.05) is 10.8 Å². The lowest BCUT2D eigenvalue weighted by molar-refractivity contribution is 0.0926. The molecule has 0 bridgehead atoms. The lowest BCUT2D eigenvalue weighted by atomic mass is 10.1. The average Bonchev–Trinajstić information content (AvgIpc) is 2.91. The first-order chi connectivity index (χ1) is 12.2. The molecule has 0 saturated carbocycles. The Morgan fingerprint density at radius 2 is 1.32 bits per heavy atom. The highest BCUT2D eigenvalue weighted by Gasteiger charge is 2.37. The highest BCUT2D eigenvalue weighted by Crippen LogP contribution is 2.33. The Hall–Kier alpha value is -3.53. The maximum absolute atomic E-state index is 12.8. The molecule has 25 heavy (non-hydrogen) atoms. The van der Waals surface area contributed by atoms with Gasteiger partial charge in [-0.3, -0.25) is 9.59 Å². The van der Waals surface area contributed by atoms with E-state index in [0.717, 1.165) is 16.3 Å². The Morgan fingerprint density at radius 3 is 2.08 bits per heavy atom. The zero-order valence-corrected chi connectivity index (χ0v) is 13.1. The van der Waals surface area contributed by atoms with E-state index in [1.165, 1.54) is 4.90 Å². The van der Waals surface area contributed by atoms with Gasteiger partial charge in [0.15, 0.2) is 0 Å². The van der Waals surface area contributed by atoms with Gasteiger partial charge in [0.1, 0.15) is 0 Å². The molecule has 0 N–H and O–H groups in total. The van der Waals surface area contributed by atoms with Gasteiger partial charge < -0.3 is 0 Å². The van der Waals surface area contributed by atoms with Crippen LogP contribution < -0.4 is 4.90 Å². The van der Waals surface area contributed by atoms with Crippen molar-refractivity contribution in [1.82, 2.24) is 4.98 Å².